The lowest BCUT2D eigenvalue weighted by Crippen LogP contribution is -2.58. The standard InChI is InChI=1S/C19H24ClNO2S/c1-2-3-11-24(23)19(16-10-9-15(12-16)17(19)20)18(22)21-13-14-7-5-4-6-8-14/h4-10,15-17H,2-3,11-13H2,1H3,(H,21,22)/t15-,16+,17-,19+,24?/m0/s1. The van der Waals surface area contributed by atoms with Gasteiger partial charge in [-0.3, -0.25) is 9.00 Å². The van der Waals surface area contributed by atoms with Crippen LogP contribution in [0.3, 0.4) is 0 Å². The number of carbonyl (C=O) groups is 1. The van der Waals surface area contributed by atoms with Crippen LogP contribution in [-0.2, 0) is 22.1 Å². The minimum absolute atomic E-state index is 0.0153. The predicted molar refractivity (Wildman–Crippen MR) is 99.3 cm³/mol. The van der Waals surface area contributed by atoms with Gasteiger partial charge >= 0.3 is 0 Å². The van der Waals surface area contributed by atoms with Gasteiger partial charge in [-0.15, -0.1) is 11.6 Å². The van der Waals surface area contributed by atoms with Gasteiger partial charge in [-0.25, -0.2) is 0 Å². The highest BCUT2D eigenvalue weighted by Crippen LogP contribution is 2.52. The molecule has 2 aliphatic carbocycles. The van der Waals surface area contributed by atoms with E-state index in [1.807, 2.05) is 30.3 Å². The van der Waals surface area contributed by atoms with E-state index < -0.39 is 15.5 Å². The average molecular weight is 366 g/mol. The van der Waals surface area contributed by atoms with Crippen molar-refractivity contribution in [1.29, 1.82) is 0 Å². The van der Waals surface area contributed by atoms with Crippen molar-refractivity contribution < 1.29 is 9.00 Å². The molecule has 1 N–H and O–H groups in total. The Kier molecular flexibility index (Phi) is 5.46. The average Bonchev–Trinajstić information content (AvgIpc) is 3.19. The van der Waals surface area contributed by atoms with Gasteiger partial charge in [0.05, 0.1) is 5.38 Å². The molecule has 0 heterocycles. The second kappa shape index (κ2) is 7.40. The van der Waals surface area contributed by atoms with Crippen LogP contribution < -0.4 is 5.32 Å². The molecule has 1 aromatic carbocycles. The largest absolute Gasteiger partial charge is 0.351 e. The van der Waals surface area contributed by atoms with Gasteiger partial charge in [-0.05, 0) is 24.3 Å². The monoisotopic (exact) mass is 365 g/mol. The molecule has 0 aliphatic heterocycles. The number of unbranched alkanes of at least 4 members (excludes halogenated alkanes) is 1. The second-order valence-electron chi connectivity index (χ2n) is 6.66. The van der Waals surface area contributed by atoms with Crippen LogP contribution in [0, 0.1) is 11.8 Å². The first-order chi connectivity index (χ1) is 11.6. The highest BCUT2D eigenvalue weighted by atomic mass is 35.5. The molecule has 3 rings (SSSR count). The lowest BCUT2D eigenvalue weighted by atomic mass is 9.91. The number of amides is 1. The Balaban J connectivity index is 1.81. The zero-order valence-electron chi connectivity index (χ0n) is 13.9. The third kappa shape index (κ3) is 2.95. The molecule has 24 heavy (non-hydrogen) atoms. The number of halogens is 1. The molecule has 5 heteroatoms. The molecule has 1 amide bonds. The van der Waals surface area contributed by atoms with Gasteiger partial charge in [0.1, 0.15) is 4.75 Å². The molecule has 130 valence electrons. The van der Waals surface area contributed by atoms with Crippen molar-refractivity contribution in [3.63, 3.8) is 0 Å². The van der Waals surface area contributed by atoms with Crippen LogP contribution in [0.25, 0.3) is 0 Å². The maximum Gasteiger partial charge on any atom is 0.241 e. The van der Waals surface area contributed by atoms with Crippen LogP contribution in [0.1, 0.15) is 31.7 Å². The third-order valence-corrected chi connectivity index (χ3v) is 8.12. The molecule has 2 bridgehead atoms. The van der Waals surface area contributed by atoms with Crippen molar-refractivity contribution in [3.05, 3.63) is 48.0 Å². The Bertz CT molecular complexity index is 648. The summed E-state index contributed by atoms with van der Waals surface area (Å²) in [5.74, 6) is 0.524. The topological polar surface area (TPSA) is 46.2 Å². The van der Waals surface area contributed by atoms with Gasteiger partial charge in [0.2, 0.25) is 5.91 Å². The number of rotatable bonds is 7. The van der Waals surface area contributed by atoms with E-state index in [1.165, 1.54) is 0 Å². The summed E-state index contributed by atoms with van der Waals surface area (Å²) in [4.78, 5) is 13.1. The Morgan fingerprint density at radius 3 is 2.71 bits per heavy atom. The molecule has 3 nitrogen and oxygen atoms in total. The SMILES string of the molecule is CCCCS(=O)[C@]1(C(=O)NCc2ccccc2)[C@@H]2C=C[C@@H](C2)[C@@H]1Cl. The molecule has 2 aliphatic rings. The lowest BCUT2D eigenvalue weighted by molar-refractivity contribution is -0.124. The van der Waals surface area contributed by atoms with Gasteiger partial charge < -0.3 is 5.32 Å². The molecule has 1 saturated carbocycles. The number of fused-ring (bicyclic) bond motifs is 2. The fraction of sp³-hybridized carbons (Fsp3) is 0.526. The number of hydrogen-bond acceptors (Lipinski definition) is 2. The van der Waals surface area contributed by atoms with Crippen molar-refractivity contribution in [1.82, 2.24) is 5.32 Å². The maximum absolute atomic E-state index is 13.1. The number of alkyl halides is 1. The molecule has 0 radical (unpaired) electrons. The van der Waals surface area contributed by atoms with Gasteiger partial charge in [-0.1, -0.05) is 55.8 Å². The van der Waals surface area contributed by atoms with Crippen molar-refractivity contribution in [3.8, 4) is 0 Å². The van der Waals surface area contributed by atoms with Crippen LogP contribution in [0.4, 0.5) is 0 Å². The molecule has 0 saturated heterocycles. The fourth-order valence-electron chi connectivity index (χ4n) is 3.84. The predicted octanol–water partition coefficient (Wildman–Crippen LogP) is 3.40. The highest BCUT2D eigenvalue weighted by molar-refractivity contribution is 7.87. The number of benzene rings is 1. The molecular formula is C19H24ClNO2S. The van der Waals surface area contributed by atoms with E-state index in [-0.39, 0.29) is 23.1 Å². The molecule has 5 atom stereocenters. The third-order valence-electron chi connectivity index (χ3n) is 5.16. The van der Waals surface area contributed by atoms with E-state index in [0.29, 0.717) is 12.3 Å². The van der Waals surface area contributed by atoms with Gasteiger partial charge in [0.15, 0.2) is 0 Å². The molecule has 0 spiro atoms. The minimum Gasteiger partial charge on any atom is -0.351 e. The fourth-order valence-corrected chi connectivity index (χ4v) is 6.69. The summed E-state index contributed by atoms with van der Waals surface area (Å²) in [5.41, 5.74) is 1.03. The second-order valence-corrected chi connectivity index (χ2v) is 8.90. The normalized spacial score (nSPS) is 32.0. The van der Waals surface area contributed by atoms with Gasteiger partial charge in [-0.2, -0.15) is 0 Å². The quantitative estimate of drug-likeness (QED) is 0.594. The van der Waals surface area contributed by atoms with Gasteiger partial charge in [0.25, 0.3) is 0 Å². The Labute approximate surface area is 151 Å². The Hall–Kier alpha value is -1.13. The van der Waals surface area contributed by atoms with Crippen molar-refractivity contribution in [2.75, 3.05) is 5.75 Å². The summed E-state index contributed by atoms with van der Waals surface area (Å²) in [6.45, 7) is 2.51. The number of allylic oxidation sites excluding steroid dienone is 2. The number of hydrogen-bond donors (Lipinski definition) is 1. The lowest BCUT2D eigenvalue weighted by Gasteiger charge is -2.36. The summed E-state index contributed by atoms with van der Waals surface area (Å²) in [7, 11) is -1.27. The summed E-state index contributed by atoms with van der Waals surface area (Å²) >= 11 is 6.68. The Morgan fingerprint density at radius 2 is 2.08 bits per heavy atom. The zero-order valence-corrected chi connectivity index (χ0v) is 15.5. The summed E-state index contributed by atoms with van der Waals surface area (Å²) in [6.07, 6.45) is 6.79. The van der Waals surface area contributed by atoms with Crippen LogP contribution in [0.5, 0.6) is 0 Å². The van der Waals surface area contributed by atoms with Crippen LogP contribution in [-0.4, -0.2) is 26.0 Å². The number of carbonyl (C=O) groups excluding carboxylic acids is 1. The van der Waals surface area contributed by atoms with Crippen LogP contribution >= 0.6 is 11.6 Å². The van der Waals surface area contributed by atoms with Crippen molar-refractivity contribution in [2.45, 2.75) is 42.9 Å². The van der Waals surface area contributed by atoms with E-state index in [9.17, 15) is 9.00 Å². The first-order valence-electron chi connectivity index (χ1n) is 8.63. The molecular weight excluding hydrogens is 342 g/mol. The number of nitrogens with one attached hydrogen (secondary N) is 1. The van der Waals surface area contributed by atoms with Crippen molar-refractivity contribution in [2.24, 2.45) is 11.8 Å². The minimum atomic E-state index is -1.27. The van der Waals surface area contributed by atoms with E-state index in [0.717, 1.165) is 24.8 Å². The summed E-state index contributed by atoms with van der Waals surface area (Å²) < 4.78 is 12.1. The summed E-state index contributed by atoms with van der Waals surface area (Å²) in [6, 6.07) is 9.78. The van der Waals surface area contributed by atoms with E-state index in [1.54, 1.807) is 0 Å². The highest BCUT2D eigenvalue weighted by Gasteiger charge is 2.63. The van der Waals surface area contributed by atoms with Crippen LogP contribution in [0.2, 0.25) is 0 Å². The van der Waals surface area contributed by atoms with Crippen molar-refractivity contribution >= 4 is 28.3 Å². The van der Waals surface area contributed by atoms with Gasteiger partial charge in [0, 0.05) is 29.0 Å². The first-order valence-corrected chi connectivity index (χ1v) is 10.4. The molecule has 1 aromatic rings. The maximum atomic E-state index is 13.1. The van der Waals surface area contributed by atoms with E-state index in [2.05, 4.69) is 24.4 Å². The van der Waals surface area contributed by atoms with E-state index in [4.69, 9.17) is 11.6 Å². The molecule has 1 fully saturated rings. The first kappa shape index (κ1) is 17.7. The summed E-state index contributed by atoms with van der Waals surface area (Å²) in [5, 5.41) is 2.62. The Morgan fingerprint density at radius 1 is 1.33 bits per heavy atom. The zero-order chi connectivity index (χ0) is 17.2. The van der Waals surface area contributed by atoms with Crippen LogP contribution in [0.15, 0.2) is 42.5 Å². The smallest absolute Gasteiger partial charge is 0.241 e. The molecule has 0 aromatic heterocycles. The van der Waals surface area contributed by atoms with E-state index >= 15 is 0 Å². The molecule has 1 unspecified atom stereocenters.